The van der Waals surface area contributed by atoms with E-state index in [1.54, 1.807) is 6.92 Å². The lowest BCUT2D eigenvalue weighted by Crippen LogP contribution is -2.29. The molecule has 0 spiro atoms. The van der Waals surface area contributed by atoms with Gasteiger partial charge >= 0.3 is 6.03 Å². The monoisotopic (exact) mass is 141 g/mol. The van der Waals surface area contributed by atoms with Gasteiger partial charge in [0.15, 0.2) is 0 Å². The number of nitrogens with one attached hydrogen (secondary N) is 1. The average Bonchev–Trinajstić information content (AvgIpc) is 2.10. The molecule has 1 aromatic rings. The van der Waals surface area contributed by atoms with E-state index in [9.17, 15) is 9.59 Å². The van der Waals surface area contributed by atoms with Crippen molar-refractivity contribution in [3.8, 4) is 0 Å². The number of hydrogen-bond acceptors (Lipinski definition) is 2. The van der Waals surface area contributed by atoms with E-state index in [1.165, 1.54) is 6.07 Å². The van der Waals surface area contributed by atoms with Gasteiger partial charge < -0.3 is 5.73 Å². The molecular formula is C5H7N3O2. The average molecular weight is 141 g/mol. The Bertz CT molecular complexity index is 309. The molecule has 0 unspecified atom stereocenters. The predicted octanol–water partition coefficient (Wildman–Crippen LogP) is -0.588. The number of aromatic amines is 1. The van der Waals surface area contributed by atoms with Gasteiger partial charge in [-0.2, -0.15) is 4.68 Å². The molecule has 0 bridgehead atoms. The quantitative estimate of drug-likeness (QED) is 0.506. The van der Waals surface area contributed by atoms with E-state index in [-0.39, 0.29) is 0 Å². The van der Waals surface area contributed by atoms with Crippen LogP contribution >= 0.6 is 0 Å². The minimum atomic E-state index is -0.793. The lowest BCUT2D eigenvalue weighted by Gasteiger charge is -1.89. The summed E-state index contributed by atoms with van der Waals surface area (Å²) < 4.78 is 0.745. The lowest BCUT2D eigenvalue weighted by molar-refractivity contribution is 0.247. The van der Waals surface area contributed by atoms with Crippen LogP contribution in [-0.2, 0) is 0 Å². The van der Waals surface area contributed by atoms with Crippen molar-refractivity contribution in [3.05, 3.63) is 22.1 Å². The van der Waals surface area contributed by atoms with Crippen molar-refractivity contribution in [1.82, 2.24) is 9.78 Å². The Balaban J connectivity index is 3.29. The standard InChI is InChI=1S/C5H7N3O2/c1-3-2-4(9)8(7-3)5(6)10/h2,7H,1H3,(H2,6,10). The van der Waals surface area contributed by atoms with Gasteiger partial charge in [0.05, 0.1) is 0 Å². The molecule has 0 radical (unpaired) electrons. The maximum atomic E-state index is 10.7. The summed E-state index contributed by atoms with van der Waals surface area (Å²) in [6.07, 6.45) is 0. The molecule has 0 saturated heterocycles. The first-order valence-electron chi connectivity index (χ1n) is 2.70. The summed E-state index contributed by atoms with van der Waals surface area (Å²) in [5, 5.41) is 2.47. The highest BCUT2D eigenvalue weighted by atomic mass is 16.2. The summed E-state index contributed by atoms with van der Waals surface area (Å²) in [7, 11) is 0. The van der Waals surface area contributed by atoms with Crippen LogP contribution in [-0.4, -0.2) is 15.8 Å². The topological polar surface area (TPSA) is 80.9 Å². The van der Waals surface area contributed by atoms with E-state index >= 15 is 0 Å². The second kappa shape index (κ2) is 2.02. The van der Waals surface area contributed by atoms with Gasteiger partial charge in [-0.15, -0.1) is 0 Å². The number of aryl methyl sites for hydroxylation is 1. The molecule has 0 fully saturated rings. The van der Waals surface area contributed by atoms with Gasteiger partial charge in [-0.1, -0.05) is 0 Å². The van der Waals surface area contributed by atoms with Crippen LogP contribution in [0.3, 0.4) is 0 Å². The molecule has 0 atom stereocenters. The van der Waals surface area contributed by atoms with E-state index in [2.05, 4.69) is 5.10 Å². The van der Waals surface area contributed by atoms with Crippen LogP contribution in [0.1, 0.15) is 5.69 Å². The van der Waals surface area contributed by atoms with Crippen molar-refractivity contribution in [2.45, 2.75) is 6.92 Å². The highest BCUT2D eigenvalue weighted by Crippen LogP contribution is 1.82. The number of nitrogens with two attached hydrogens (primary N) is 1. The molecule has 1 amide bonds. The van der Waals surface area contributed by atoms with Crippen LogP contribution in [0.2, 0.25) is 0 Å². The number of hydrogen-bond donors (Lipinski definition) is 2. The van der Waals surface area contributed by atoms with Crippen molar-refractivity contribution >= 4 is 6.03 Å². The molecule has 1 rings (SSSR count). The summed E-state index contributed by atoms with van der Waals surface area (Å²) in [5.41, 5.74) is 5.01. The number of aromatic nitrogens is 2. The fourth-order valence-electron chi connectivity index (χ4n) is 0.677. The fourth-order valence-corrected chi connectivity index (χ4v) is 0.677. The number of carbonyl (C=O) groups is 1. The van der Waals surface area contributed by atoms with Gasteiger partial charge in [-0.25, -0.2) is 4.79 Å². The number of carbonyl (C=O) groups excluding carboxylic acids is 1. The first-order chi connectivity index (χ1) is 4.61. The van der Waals surface area contributed by atoms with Gasteiger partial charge in [0, 0.05) is 11.8 Å². The Morgan fingerprint density at radius 1 is 1.80 bits per heavy atom. The van der Waals surface area contributed by atoms with Crippen molar-refractivity contribution in [2.75, 3.05) is 0 Å². The van der Waals surface area contributed by atoms with Crippen LogP contribution in [0.15, 0.2) is 10.9 Å². The highest BCUT2D eigenvalue weighted by molar-refractivity contribution is 5.73. The maximum Gasteiger partial charge on any atom is 0.341 e. The minimum absolute atomic E-state index is 0.426. The van der Waals surface area contributed by atoms with E-state index in [4.69, 9.17) is 5.73 Å². The Morgan fingerprint density at radius 2 is 2.40 bits per heavy atom. The molecule has 3 N–H and O–H groups in total. The highest BCUT2D eigenvalue weighted by Gasteiger charge is 2.02. The zero-order valence-corrected chi connectivity index (χ0v) is 5.42. The SMILES string of the molecule is Cc1cc(=O)n(C(N)=O)[nH]1. The zero-order chi connectivity index (χ0) is 7.72. The molecule has 0 saturated carbocycles. The summed E-state index contributed by atoms with van der Waals surface area (Å²) in [6.45, 7) is 1.67. The molecule has 1 aromatic heterocycles. The molecular weight excluding hydrogens is 134 g/mol. The van der Waals surface area contributed by atoms with Gasteiger partial charge in [0.25, 0.3) is 5.56 Å². The summed E-state index contributed by atoms with van der Waals surface area (Å²) in [6, 6.07) is 0.503. The second-order valence-electron chi connectivity index (χ2n) is 1.95. The lowest BCUT2D eigenvalue weighted by atomic mass is 10.5. The summed E-state index contributed by atoms with van der Waals surface area (Å²) in [4.78, 5) is 21.1. The maximum absolute atomic E-state index is 10.7. The molecule has 0 aliphatic heterocycles. The second-order valence-corrected chi connectivity index (χ2v) is 1.95. The normalized spacial score (nSPS) is 9.70. The van der Waals surface area contributed by atoms with E-state index in [0.29, 0.717) is 5.69 Å². The first-order valence-corrected chi connectivity index (χ1v) is 2.70. The van der Waals surface area contributed by atoms with Crippen LogP contribution in [0.5, 0.6) is 0 Å². The number of H-pyrrole nitrogens is 1. The molecule has 1 heterocycles. The predicted molar refractivity (Wildman–Crippen MR) is 34.8 cm³/mol. The summed E-state index contributed by atoms with van der Waals surface area (Å²) >= 11 is 0. The molecule has 0 aromatic carbocycles. The molecule has 0 aliphatic rings. The number of primary amides is 1. The van der Waals surface area contributed by atoms with Crippen LogP contribution in [0.25, 0.3) is 0 Å². The van der Waals surface area contributed by atoms with Gasteiger partial charge in [0.2, 0.25) is 0 Å². The third-order valence-corrected chi connectivity index (χ3v) is 1.07. The number of amides is 1. The van der Waals surface area contributed by atoms with Crippen molar-refractivity contribution < 1.29 is 4.79 Å². The fraction of sp³-hybridized carbons (Fsp3) is 0.200. The molecule has 10 heavy (non-hydrogen) atoms. The zero-order valence-electron chi connectivity index (χ0n) is 5.42. The Hall–Kier alpha value is -1.52. The van der Waals surface area contributed by atoms with E-state index in [1.807, 2.05) is 0 Å². The van der Waals surface area contributed by atoms with E-state index < -0.39 is 11.6 Å². The third-order valence-electron chi connectivity index (χ3n) is 1.07. The first kappa shape index (κ1) is 6.60. The van der Waals surface area contributed by atoms with E-state index in [0.717, 1.165) is 4.68 Å². The molecule has 0 aliphatic carbocycles. The Kier molecular flexibility index (Phi) is 1.33. The smallest absolute Gasteiger partial charge is 0.341 e. The van der Waals surface area contributed by atoms with Gasteiger partial charge in [-0.3, -0.25) is 9.89 Å². The van der Waals surface area contributed by atoms with Crippen LogP contribution in [0.4, 0.5) is 4.79 Å². The van der Waals surface area contributed by atoms with Gasteiger partial charge in [-0.05, 0) is 6.92 Å². The van der Waals surface area contributed by atoms with Crippen LogP contribution in [0, 0.1) is 6.92 Å². The minimum Gasteiger partial charge on any atom is -0.350 e. The Morgan fingerprint density at radius 3 is 2.60 bits per heavy atom. The third kappa shape index (κ3) is 0.928. The van der Waals surface area contributed by atoms with Crippen molar-refractivity contribution in [2.24, 2.45) is 5.73 Å². The number of rotatable bonds is 0. The van der Waals surface area contributed by atoms with Crippen molar-refractivity contribution in [1.29, 1.82) is 0 Å². The van der Waals surface area contributed by atoms with Crippen LogP contribution < -0.4 is 11.3 Å². The van der Waals surface area contributed by atoms with Crippen molar-refractivity contribution in [3.63, 3.8) is 0 Å². The summed E-state index contributed by atoms with van der Waals surface area (Å²) in [5.74, 6) is 0. The van der Waals surface area contributed by atoms with Gasteiger partial charge in [0.1, 0.15) is 0 Å². The number of nitrogens with zero attached hydrogens (tertiary/aromatic N) is 1. The largest absolute Gasteiger partial charge is 0.350 e. The molecule has 5 nitrogen and oxygen atoms in total. The Labute approximate surface area is 56.4 Å². The molecule has 5 heteroatoms. The molecule has 54 valence electrons.